The second kappa shape index (κ2) is 9.66. The quantitative estimate of drug-likeness (QED) is 0.453. The van der Waals surface area contributed by atoms with E-state index in [2.05, 4.69) is 22.6 Å². The zero-order valence-corrected chi connectivity index (χ0v) is 21.2. The van der Waals surface area contributed by atoms with Gasteiger partial charge < -0.3 is 20.1 Å². The average Bonchev–Trinajstić information content (AvgIpc) is 3.78. The van der Waals surface area contributed by atoms with E-state index in [1.165, 1.54) is 25.1 Å². The molecule has 0 radical (unpaired) electrons. The highest BCUT2D eigenvalue weighted by Crippen LogP contribution is 2.49. The van der Waals surface area contributed by atoms with Gasteiger partial charge in [0, 0.05) is 36.0 Å². The first kappa shape index (κ1) is 26.6. The van der Waals surface area contributed by atoms with Crippen molar-refractivity contribution in [2.45, 2.75) is 81.5 Å². The molecule has 2 atom stereocenters. The van der Waals surface area contributed by atoms with Gasteiger partial charge in [-0.2, -0.15) is 0 Å². The van der Waals surface area contributed by atoms with Crippen LogP contribution in [0.15, 0.2) is 35.3 Å². The molecule has 2 saturated carbocycles. The number of carbonyl (C=O) groups is 1. The molecule has 2 aromatic rings. The van der Waals surface area contributed by atoms with Gasteiger partial charge in [-0.25, -0.2) is 22.0 Å². The molecular formula is C27H31F5N4O2. The minimum absolute atomic E-state index is 0.0296. The number of alkyl halides is 4. The molecule has 206 valence electrons. The molecule has 2 heterocycles. The second-order valence-electron chi connectivity index (χ2n) is 10.9. The lowest BCUT2D eigenvalue weighted by Crippen LogP contribution is -2.46. The van der Waals surface area contributed by atoms with Gasteiger partial charge in [0.05, 0.1) is 22.9 Å². The number of anilines is 1. The lowest BCUT2D eigenvalue weighted by molar-refractivity contribution is 0.0648. The number of nitrogens with one attached hydrogen (secondary N) is 2. The molecule has 1 aliphatic heterocycles. The number of hydrogen-bond acceptors (Lipinski definition) is 4. The van der Waals surface area contributed by atoms with E-state index in [1.54, 1.807) is 0 Å². The maximum atomic E-state index is 14.7. The molecule has 1 aromatic carbocycles. The first-order valence-corrected chi connectivity index (χ1v) is 12.9. The van der Waals surface area contributed by atoms with Gasteiger partial charge in [-0.15, -0.1) is 0 Å². The van der Waals surface area contributed by atoms with E-state index in [-0.39, 0.29) is 41.2 Å². The van der Waals surface area contributed by atoms with Crippen LogP contribution in [0.5, 0.6) is 0 Å². The van der Waals surface area contributed by atoms with Gasteiger partial charge in [-0.05, 0) is 52.5 Å². The minimum Gasteiger partial charge on any atom is -0.381 e. The Labute approximate surface area is 217 Å². The number of amides is 1. The van der Waals surface area contributed by atoms with Crippen LogP contribution in [0.3, 0.4) is 0 Å². The number of pyridine rings is 1. The van der Waals surface area contributed by atoms with E-state index in [0.29, 0.717) is 0 Å². The Morgan fingerprint density at radius 3 is 2.39 bits per heavy atom. The SMILES string of the molecule is CC(NC(=O)c1cn(C2(C(F)F)CC2)c(=O)cc1N[C@H]1CCN(C)C2(CC2)C1)c1cccc(C(F)F)c1F. The fourth-order valence-corrected chi connectivity index (χ4v) is 5.67. The minimum atomic E-state index is -3.02. The van der Waals surface area contributed by atoms with Crippen molar-refractivity contribution in [2.75, 3.05) is 18.9 Å². The topological polar surface area (TPSA) is 66.4 Å². The summed E-state index contributed by atoms with van der Waals surface area (Å²) in [5.41, 5.74) is -2.91. The monoisotopic (exact) mass is 538 g/mol. The highest BCUT2D eigenvalue weighted by molar-refractivity contribution is 5.99. The van der Waals surface area contributed by atoms with Crippen molar-refractivity contribution in [3.8, 4) is 0 Å². The van der Waals surface area contributed by atoms with Crippen molar-refractivity contribution in [2.24, 2.45) is 0 Å². The molecule has 3 fully saturated rings. The van der Waals surface area contributed by atoms with E-state index >= 15 is 0 Å². The Kier molecular flexibility index (Phi) is 6.77. The zero-order valence-electron chi connectivity index (χ0n) is 21.2. The molecule has 0 bridgehead atoms. The van der Waals surface area contributed by atoms with E-state index in [4.69, 9.17) is 0 Å². The molecule has 2 aliphatic carbocycles. The predicted octanol–water partition coefficient (Wildman–Crippen LogP) is 5.21. The van der Waals surface area contributed by atoms with Crippen molar-refractivity contribution in [3.05, 3.63) is 63.3 Å². The summed E-state index contributed by atoms with van der Waals surface area (Å²) in [5, 5.41) is 5.91. The Balaban J connectivity index is 1.46. The number of nitrogens with zero attached hydrogens (tertiary/aromatic N) is 2. The predicted molar refractivity (Wildman–Crippen MR) is 132 cm³/mol. The van der Waals surface area contributed by atoms with Crippen molar-refractivity contribution < 1.29 is 26.7 Å². The van der Waals surface area contributed by atoms with Gasteiger partial charge in [0.25, 0.3) is 24.3 Å². The molecule has 38 heavy (non-hydrogen) atoms. The summed E-state index contributed by atoms with van der Waals surface area (Å²) in [6.07, 6.45) is -0.727. The van der Waals surface area contributed by atoms with Crippen LogP contribution in [-0.4, -0.2) is 47.0 Å². The number of aromatic nitrogens is 1. The summed E-state index contributed by atoms with van der Waals surface area (Å²) >= 11 is 0. The lowest BCUT2D eigenvalue weighted by atomic mass is 9.95. The molecule has 1 unspecified atom stereocenters. The highest BCUT2D eigenvalue weighted by atomic mass is 19.3. The molecular weight excluding hydrogens is 507 g/mol. The van der Waals surface area contributed by atoms with Crippen LogP contribution in [0.2, 0.25) is 0 Å². The molecule has 2 N–H and O–H groups in total. The van der Waals surface area contributed by atoms with Crippen molar-refractivity contribution in [1.29, 1.82) is 0 Å². The number of likely N-dealkylation sites (tertiary alicyclic amines) is 1. The third-order valence-electron chi connectivity index (χ3n) is 8.49. The fourth-order valence-electron chi connectivity index (χ4n) is 5.67. The fraction of sp³-hybridized carbons (Fsp3) is 0.556. The number of benzene rings is 1. The number of carbonyl (C=O) groups excluding carboxylic acids is 1. The molecule has 3 aliphatic rings. The van der Waals surface area contributed by atoms with Crippen LogP contribution < -0.4 is 16.2 Å². The summed E-state index contributed by atoms with van der Waals surface area (Å²) in [6, 6.07) is 3.70. The van der Waals surface area contributed by atoms with Crippen LogP contribution in [-0.2, 0) is 5.54 Å². The molecule has 6 nitrogen and oxygen atoms in total. The van der Waals surface area contributed by atoms with Gasteiger partial charge in [0.2, 0.25) is 0 Å². The average molecular weight is 539 g/mol. The molecule has 11 heteroatoms. The van der Waals surface area contributed by atoms with Crippen LogP contribution in [0.1, 0.15) is 79.4 Å². The van der Waals surface area contributed by atoms with Crippen LogP contribution in [0, 0.1) is 5.82 Å². The van der Waals surface area contributed by atoms with Crippen molar-refractivity contribution in [1.82, 2.24) is 14.8 Å². The normalized spacial score (nSPS) is 22.5. The van der Waals surface area contributed by atoms with Gasteiger partial charge in [-0.3, -0.25) is 9.59 Å². The van der Waals surface area contributed by atoms with Crippen LogP contribution >= 0.6 is 0 Å². The number of rotatable bonds is 8. The summed E-state index contributed by atoms with van der Waals surface area (Å²) in [5.74, 6) is -1.84. The third kappa shape index (κ3) is 4.69. The zero-order chi connectivity index (χ0) is 27.4. The smallest absolute Gasteiger partial charge is 0.266 e. The second-order valence-corrected chi connectivity index (χ2v) is 10.9. The Bertz CT molecular complexity index is 1290. The Morgan fingerprint density at radius 1 is 1.11 bits per heavy atom. The standard InChI is InChI=1S/C27H31F5N4O2/c1-15(17-4-3-5-18(22(17)28)23(29)30)33-24(38)19-14-36(27(9-10-27)25(31)32)21(37)12-20(19)34-16-6-11-35(2)26(13-16)7-8-26/h3-5,12,14-16,23,25,34H,6-11,13H2,1-2H3,(H,33,38)/t15?,16-/m0/s1. The molecule has 1 spiro atoms. The van der Waals surface area contributed by atoms with Gasteiger partial charge in [0.1, 0.15) is 11.4 Å². The Hall–Kier alpha value is -2.95. The third-order valence-corrected chi connectivity index (χ3v) is 8.49. The summed E-state index contributed by atoms with van der Waals surface area (Å²) in [4.78, 5) is 28.7. The van der Waals surface area contributed by atoms with Crippen LogP contribution in [0.4, 0.5) is 27.6 Å². The van der Waals surface area contributed by atoms with Crippen molar-refractivity contribution >= 4 is 11.6 Å². The highest BCUT2D eigenvalue weighted by Gasteiger charge is 2.54. The van der Waals surface area contributed by atoms with E-state index in [0.717, 1.165) is 49.1 Å². The maximum absolute atomic E-state index is 14.7. The summed E-state index contributed by atoms with van der Waals surface area (Å²) < 4.78 is 69.8. The maximum Gasteiger partial charge on any atom is 0.266 e. The lowest BCUT2D eigenvalue weighted by Gasteiger charge is -2.38. The van der Waals surface area contributed by atoms with E-state index in [1.807, 2.05) is 0 Å². The van der Waals surface area contributed by atoms with Gasteiger partial charge in [-0.1, -0.05) is 18.2 Å². The van der Waals surface area contributed by atoms with E-state index in [9.17, 15) is 31.5 Å². The largest absolute Gasteiger partial charge is 0.381 e. The first-order valence-electron chi connectivity index (χ1n) is 12.9. The van der Waals surface area contributed by atoms with Crippen molar-refractivity contribution in [3.63, 3.8) is 0 Å². The number of halogens is 5. The van der Waals surface area contributed by atoms with Gasteiger partial charge >= 0.3 is 0 Å². The first-order chi connectivity index (χ1) is 18.0. The molecule has 5 rings (SSSR count). The molecule has 1 amide bonds. The number of piperidine rings is 1. The summed E-state index contributed by atoms with van der Waals surface area (Å²) in [6.45, 7) is 2.28. The Morgan fingerprint density at radius 2 is 1.79 bits per heavy atom. The van der Waals surface area contributed by atoms with Gasteiger partial charge in [0.15, 0.2) is 0 Å². The van der Waals surface area contributed by atoms with E-state index < -0.39 is 47.3 Å². The molecule has 1 aromatic heterocycles. The molecule has 1 saturated heterocycles. The van der Waals surface area contributed by atoms with Crippen LogP contribution in [0.25, 0.3) is 0 Å². The summed E-state index contributed by atoms with van der Waals surface area (Å²) in [7, 11) is 2.08. The number of hydrogen-bond donors (Lipinski definition) is 2.